The monoisotopic (exact) mass is 398 g/mol. The highest BCUT2D eigenvalue weighted by Crippen LogP contribution is 2.28. The van der Waals surface area contributed by atoms with Crippen molar-refractivity contribution in [3.8, 4) is 0 Å². The number of rotatable bonds is 8. The summed E-state index contributed by atoms with van der Waals surface area (Å²) in [6.07, 6.45) is 1.45. The molecule has 1 N–H and O–H groups in total. The average Bonchev–Trinajstić information content (AvgIpc) is 3.35. The molecule has 2 aromatic heterocycles. The molecule has 0 aliphatic rings. The van der Waals surface area contributed by atoms with E-state index in [0.717, 1.165) is 11.1 Å². The summed E-state index contributed by atoms with van der Waals surface area (Å²) in [6.45, 7) is 3.29. The van der Waals surface area contributed by atoms with E-state index < -0.39 is 0 Å². The number of carbonyl (C=O) groups is 2. The molecule has 1 aromatic carbocycles. The van der Waals surface area contributed by atoms with Crippen LogP contribution in [0, 0.1) is 6.92 Å². The van der Waals surface area contributed by atoms with Crippen molar-refractivity contribution >= 4 is 28.2 Å². The van der Waals surface area contributed by atoms with Crippen LogP contribution in [0.5, 0.6) is 0 Å². The molecule has 28 heavy (non-hydrogen) atoms. The van der Waals surface area contributed by atoms with E-state index in [9.17, 15) is 9.59 Å². The Morgan fingerprint density at radius 1 is 1.18 bits per heavy atom. The Bertz CT molecular complexity index is 919. The normalized spacial score (nSPS) is 10.6. The number of anilines is 1. The van der Waals surface area contributed by atoms with Gasteiger partial charge < -0.3 is 19.4 Å². The molecule has 0 bridgehead atoms. The van der Waals surface area contributed by atoms with Crippen LogP contribution in [0.4, 0.5) is 5.00 Å². The van der Waals surface area contributed by atoms with Crippen LogP contribution in [0.15, 0.2) is 59.2 Å². The van der Waals surface area contributed by atoms with Gasteiger partial charge in [0.1, 0.15) is 0 Å². The first-order valence-corrected chi connectivity index (χ1v) is 9.67. The first-order valence-electron chi connectivity index (χ1n) is 8.86. The van der Waals surface area contributed by atoms with Gasteiger partial charge in [0.25, 0.3) is 11.8 Å². The van der Waals surface area contributed by atoms with Gasteiger partial charge in [0, 0.05) is 20.2 Å². The second-order valence-electron chi connectivity index (χ2n) is 6.26. The van der Waals surface area contributed by atoms with Gasteiger partial charge in [-0.15, -0.1) is 11.3 Å². The molecular weight excluding hydrogens is 376 g/mol. The first kappa shape index (κ1) is 19.9. The van der Waals surface area contributed by atoms with E-state index in [1.54, 1.807) is 30.2 Å². The van der Waals surface area contributed by atoms with Gasteiger partial charge in [0.2, 0.25) is 0 Å². The third kappa shape index (κ3) is 4.88. The van der Waals surface area contributed by atoms with Crippen molar-refractivity contribution in [3.63, 3.8) is 0 Å². The Kier molecular flexibility index (Phi) is 6.62. The Hall–Kier alpha value is -2.90. The van der Waals surface area contributed by atoms with Crippen LogP contribution in [0.1, 0.15) is 31.4 Å². The minimum atomic E-state index is -0.342. The molecule has 7 heteroatoms. The minimum Gasteiger partial charge on any atom is -0.459 e. The van der Waals surface area contributed by atoms with Crippen molar-refractivity contribution in [3.05, 3.63) is 76.6 Å². The maximum Gasteiger partial charge on any atom is 0.291 e. The largest absolute Gasteiger partial charge is 0.459 e. The quantitative estimate of drug-likeness (QED) is 0.618. The molecule has 2 heterocycles. The number of hydrogen-bond donors (Lipinski definition) is 1. The number of nitrogens with one attached hydrogen (secondary N) is 1. The molecule has 2 amide bonds. The number of methoxy groups -OCH3 is 1. The van der Waals surface area contributed by atoms with Crippen molar-refractivity contribution in [1.82, 2.24) is 4.90 Å². The summed E-state index contributed by atoms with van der Waals surface area (Å²) in [7, 11) is 1.61. The molecule has 0 saturated heterocycles. The van der Waals surface area contributed by atoms with Gasteiger partial charge in [0.05, 0.1) is 22.7 Å². The first-order chi connectivity index (χ1) is 13.6. The van der Waals surface area contributed by atoms with E-state index in [2.05, 4.69) is 5.32 Å². The molecule has 0 fully saturated rings. The number of aryl methyl sites for hydroxylation is 1. The van der Waals surface area contributed by atoms with Crippen LogP contribution in [-0.4, -0.2) is 37.0 Å². The zero-order valence-corrected chi connectivity index (χ0v) is 16.6. The zero-order valence-electron chi connectivity index (χ0n) is 15.8. The van der Waals surface area contributed by atoms with Crippen LogP contribution in [-0.2, 0) is 11.3 Å². The fourth-order valence-electron chi connectivity index (χ4n) is 2.74. The van der Waals surface area contributed by atoms with Crippen LogP contribution in [0.2, 0.25) is 0 Å². The van der Waals surface area contributed by atoms with Gasteiger partial charge in [-0.25, -0.2) is 0 Å². The van der Waals surface area contributed by atoms with Crippen molar-refractivity contribution in [1.29, 1.82) is 0 Å². The highest BCUT2D eigenvalue weighted by molar-refractivity contribution is 7.18. The maximum atomic E-state index is 13.2. The van der Waals surface area contributed by atoms with Gasteiger partial charge in [-0.05, 0) is 36.2 Å². The molecule has 0 aliphatic heterocycles. The molecule has 146 valence electrons. The number of hydrogen-bond acceptors (Lipinski definition) is 5. The van der Waals surface area contributed by atoms with Crippen molar-refractivity contribution in [2.24, 2.45) is 0 Å². The van der Waals surface area contributed by atoms with Crippen LogP contribution in [0.25, 0.3) is 0 Å². The number of nitrogens with zero attached hydrogens (tertiary/aromatic N) is 1. The molecule has 0 atom stereocenters. The van der Waals surface area contributed by atoms with E-state index >= 15 is 0 Å². The zero-order chi connectivity index (χ0) is 19.9. The van der Waals surface area contributed by atoms with Gasteiger partial charge in [-0.3, -0.25) is 9.59 Å². The minimum absolute atomic E-state index is 0.0816. The summed E-state index contributed by atoms with van der Waals surface area (Å²) in [4.78, 5) is 27.7. The summed E-state index contributed by atoms with van der Waals surface area (Å²) < 4.78 is 10.3. The van der Waals surface area contributed by atoms with Gasteiger partial charge >= 0.3 is 0 Å². The molecule has 0 saturated carbocycles. The number of carbonyl (C=O) groups excluding carboxylic acids is 2. The Balaban J connectivity index is 1.76. The van der Waals surface area contributed by atoms with E-state index in [4.69, 9.17) is 9.15 Å². The lowest BCUT2D eigenvalue weighted by Gasteiger charge is -2.22. The molecule has 6 nitrogen and oxygen atoms in total. The number of amides is 2. The molecule has 0 aliphatic carbocycles. The average molecular weight is 398 g/mol. The second kappa shape index (κ2) is 9.34. The molecule has 3 aromatic rings. The fraction of sp³-hybridized carbons (Fsp3) is 0.238. The number of furan rings is 1. The molecule has 0 spiro atoms. The van der Waals surface area contributed by atoms with Crippen LogP contribution >= 0.6 is 11.3 Å². The van der Waals surface area contributed by atoms with Gasteiger partial charge in [-0.1, -0.05) is 30.3 Å². The van der Waals surface area contributed by atoms with E-state index in [-0.39, 0.29) is 17.6 Å². The Labute approximate surface area is 167 Å². The van der Waals surface area contributed by atoms with Crippen molar-refractivity contribution in [2.75, 3.05) is 25.6 Å². The van der Waals surface area contributed by atoms with Crippen molar-refractivity contribution in [2.45, 2.75) is 13.5 Å². The molecular formula is C21H22N2O4S. The third-order valence-electron chi connectivity index (χ3n) is 4.16. The molecule has 3 rings (SSSR count). The number of ether oxygens (including phenoxy) is 1. The van der Waals surface area contributed by atoms with Crippen LogP contribution in [0.3, 0.4) is 0 Å². The summed E-state index contributed by atoms with van der Waals surface area (Å²) >= 11 is 1.26. The predicted molar refractivity (Wildman–Crippen MR) is 109 cm³/mol. The van der Waals surface area contributed by atoms with E-state index in [0.29, 0.717) is 29.6 Å². The van der Waals surface area contributed by atoms with E-state index in [1.807, 2.05) is 37.3 Å². The van der Waals surface area contributed by atoms with Crippen molar-refractivity contribution < 1.29 is 18.7 Å². The van der Waals surface area contributed by atoms with Gasteiger partial charge in [0.15, 0.2) is 5.76 Å². The lowest BCUT2D eigenvalue weighted by molar-refractivity contribution is 0.0684. The second-order valence-corrected chi connectivity index (χ2v) is 7.31. The Morgan fingerprint density at radius 2 is 1.96 bits per heavy atom. The number of benzene rings is 1. The highest BCUT2D eigenvalue weighted by Gasteiger charge is 2.21. The van der Waals surface area contributed by atoms with Gasteiger partial charge in [-0.2, -0.15) is 0 Å². The smallest absolute Gasteiger partial charge is 0.291 e. The predicted octanol–water partition coefficient (Wildman–Crippen LogP) is 4.19. The highest BCUT2D eigenvalue weighted by atomic mass is 32.1. The molecule has 0 unspecified atom stereocenters. The topological polar surface area (TPSA) is 71.8 Å². The maximum absolute atomic E-state index is 13.2. The Morgan fingerprint density at radius 3 is 2.64 bits per heavy atom. The fourth-order valence-corrected chi connectivity index (χ4v) is 3.77. The summed E-state index contributed by atoms with van der Waals surface area (Å²) in [6, 6.07) is 14.9. The lowest BCUT2D eigenvalue weighted by Crippen LogP contribution is -2.33. The summed E-state index contributed by atoms with van der Waals surface area (Å²) in [5.41, 5.74) is 1.87. The van der Waals surface area contributed by atoms with E-state index in [1.165, 1.54) is 17.6 Å². The van der Waals surface area contributed by atoms with Crippen LogP contribution < -0.4 is 5.32 Å². The summed E-state index contributed by atoms with van der Waals surface area (Å²) in [5, 5.41) is 3.39. The summed E-state index contributed by atoms with van der Waals surface area (Å²) in [5.74, 6) is -0.197. The molecule has 0 radical (unpaired) electrons. The SMILES string of the molecule is COCCN(Cc1ccccc1)C(=O)c1sc(NC(=O)c2ccco2)cc1C. The number of thiophene rings is 1. The third-order valence-corrected chi connectivity index (χ3v) is 5.30. The standard InChI is InChI=1S/C21H22N2O4S/c1-15-13-18(22-20(24)17-9-6-11-27-17)28-19(15)21(25)23(10-12-26-2)14-16-7-4-3-5-8-16/h3-9,11,13H,10,12,14H2,1-2H3,(H,22,24). The lowest BCUT2D eigenvalue weighted by atomic mass is 10.2.